The highest BCUT2D eigenvalue weighted by Gasteiger charge is 2.43. The number of likely N-dealkylation sites (tertiary alicyclic amines) is 1. The van der Waals surface area contributed by atoms with E-state index in [1.165, 1.54) is 6.26 Å². The Kier molecular flexibility index (Phi) is 4.07. The number of methoxy groups -OCH3 is 1. The maximum absolute atomic E-state index is 12.5. The van der Waals surface area contributed by atoms with Crippen LogP contribution in [0.1, 0.15) is 43.0 Å². The number of furan rings is 1. The van der Waals surface area contributed by atoms with Gasteiger partial charge < -0.3 is 14.1 Å². The van der Waals surface area contributed by atoms with Crippen molar-refractivity contribution in [3.8, 4) is 0 Å². The summed E-state index contributed by atoms with van der Waals surface area (Å²) in [4.78, 5) is 14.5. The molecule has 1 aromatic heterocycles. The smallest absolute Gasteiger partial charge is 0.257 e. The molecule has 1 aromatic rings. The van der Waals surface area contributed by atoms with Crippen LogP contribution in [-0.2, 0) is 4.74 Å². The van der Waals surface area contributed by atoms with Crippen molar-refractivity contribution in [3.05, 3.63) is 24.2 Å². The Morgan fingerprint density at radius 2 is 2.44 bits per heavy atom. The monoisotopic (exact) mass is 251 g/mol. The van der Waals surface area contributed by atoms with Gasteiger partial charge in [0.1, 0.15) is 6.26 Å². The zero-order valence-electron chi connectivity index (χ0n) is 11.1. The molecule has 0 saturated carbocycles. The third-order valence-corrected chi connectivity index (χ3v) is 3.74. The van der Waals surface area contributed by atoms with Crippen LogP contribution in [0.3, 0.4) is 0 Å². The minimum atomic E-state index is -0.127. The van der Waals surface area contributed by atoms with E-state index in [-0.39, 0.29) is 11.4 Å². The maximum atomic E-state index is 12.5. The van der Waals surface area contributed by atoms with Gasteiger partial charge in [0.15, 0.2) is 0 Å². The van der Waals surface area contributed by atoms with E-state index < -0.39 is 0 Å². The van der Waals surface area contributed by atoms with Gasteiger partial charge in [-0.25, -0.2) is 0 Å². The van der Waals surface area contributed by atoms with Gasteiger partial charge in [0.2, 0.25) is 0 Å². The molecule has 0 spiro atoms. The number of hydrogen-bond acceptors (Lipinski definition) is 3. The number of carbonyl (C=O) groups is 1. The number of ether oxygens (including phenoxy) is 1. The second-order valence-electron chi connectivity index (χ2n) is 4.98. The van der Waals surface area contributed by atoms with Crippen molar-refractivity contribution in [1.29, 1.82) is 0 Å². The van der Waals surface area contributed by atoms with E-state index in [0.717, 1.165) is 32.2 Å². The van der Waals surface area contributed by atoms with Gasteiger partial charge in [-0.2, -0.15) is 0 Å². The highest BCUT2D eigenvalue weighted by molar-refractivity contribution is 5.94. The van der Waals surface area contributed by atoms with Gasteiger partial charge in [0, 0.05) is 13.7 Å². The Morgan fingerprint density at radius 3 is 3.06 bits per heavy atom. The van der Waals surface area contributed by atoms with Crippen molar-refractivity contribution in [2.75, 3.05) is 20.3 Å². The molecule has 0 aromatic carbocycles. The van der Waals surface area contributed by atoms with Crippen molar-refractivity contribution in [2.24, 2.45) is 0 Å². The molecule has 1 atom stereocenters. The number of hydrogen-bond donors (Lipinski definition) is 0. The first-order chi connectivity index (χ1) is 8.73. The molecular formula is C14H21NO3. The normalized spacial score (nSPS) is 23.6. The highest BCUT2D eigenvalue weighted by Crippen LogP contribution is 2.35. The van der Waals surface area contributed by atoms with Gasteiger partial charge in [-0.1, -0.05) is 13.3 Å². The van der Waals surface area contributed by atoms with Crippen LogP contribution >= 0.6 is 0 Å². The highest BCUT2D eigenvalue weighted by atomic mass is 16.5. The molecule has 18 heavy (non-hydrogen) atoms. The lowest BCUT2D eigenvalue weighted by Crippen LogP contribution is -2.50. The lowest BCUT2D eigenvalue weighted by atomic mass is 9.91. The van der Waals surface area contributed by atoms with E-state index in [4.69, 9.17) is 9.15 Å². The molecule has 1 saturated heterocycles. The molecular weight excluding hydrogens is 230 g/mol. The number of carbonyl (C=O) groups excluding carboxylic acids is 1. The predicted molar refractivity (Wildman–Crippen MR) is 68.5 cm³/mol. The summed E-state index contributed by atoms with van der Waals surface area (Å²) in [6.45, 7) is 3.58. The molecule has 0 N–H and O–H groups in total. The van der Waals surface area contributed by atoms with Gasteiger partial charge in [0.05, 0.1) is 24.0 Å². The van der Waals surface area contributed by atoms with E-state index in [1.807, 2.05) is 4.90 Å². The van der Waals surface area contributed by atoms with Crippen molar-refractivity contribution >= 4 is 5.91 Å². The SMILES string of the molecule is CCC[C@]1(COC)CCCN1C(=O)c1ccoc1. The molecule has 1 fully saturated rings. The zero-order chi connectivity index (χ0) is 13.0. The van der Waals surface area contributed by atoms with Gasteiger partial charge in [-0.15, -0.1) is 0 Å². The largest absolute Gasteiger partial charge is 0.472 e. The average molecular weight is 251 g/mol. The van der Waals surface area contributed by atoms with E-state index in [1.54, 1.807) is 19.4 Å². The Balaban J connectivity index is 2.21. The Labute approximate surface area is 108 Å². The standard InChI is InChI=1S/C14H21NO3/c1-3-6-14(11-17-2)7-4-8-15(14)13(16)12-5-9-18-10-12/h5,9-10H,3-4,6-8,11H2,1-2H3/t14-/m1/s1. The molecule has 2 heterocycles. The first-order valence-electron chi connectivity index (χ1n) is 6.56. The first-order valence-corrected chi connectivity index (χ1v) is 6.56. The lowest BCUT2D eigenvalue weighted by Gasteiger charge is -2.38. The fourth-order valence-electron chi connectivity index (χ4n) is 3.01. The van der Waals surface area contributed by atoms with Gasteiger partial charge in [0.25, 0.3) is 5.91 Å². The van der Waals surface area contributed by atoms with Gasteiger partial charge in [-0.3, -0.25) is 4.79 Å². The van der Waals surface area contributed by atoms with Crippen LogP contribution < -0.4 is 0 Å². The molecule has 0 radical (unpaired) electrons. The Morgan fingerprint density at radius 1 is 1.61 bits per heavy atom. The minimum Gasteiger partial charge on any atom is -0.472 e. The third kappa shape index (κ3) is 2.29. The molecule has 1 aliphatic heterocycles. The van der Waals surface area contributed by atoms with Crippen LogP contribution in [0.25, 0.3) is 0 Å². The second-order valence-corrected chi connectivity index (χ2v) is 4.98. The summed E-state index contributed by atoms with van der Waals surface area (Å²) >= 11 is 0. The van der Waals surface area contributed by atoms with E-state index >= 15 is 0 Å². The van der Waals surface area contributed by atoms with E-state index in [0.29, 0.717) is 12.2 Å². The minimum absolute atomic E-state index is 0.0618. The van der Waals surface area contributed by atoms with Crippen molar-refractivity contribution in [2.45, 2.75) is 38.1 Å². The van der Waals surface area contributed by atoms with Crippen LogP contribution in [-0.4, -0.2) is 36.6 Å². The summed E-state index contributed by atoms with van der Waals surface area (Å²) in [5.41, 5.74) is 0.506. The van der Waals surface area contributed by atoms with E-state index in [2.05, 4.69) is 6.92 Å². The van der Waals surface area contributed by atoms with Crippen LogP contribution in [0.4, 0.5) is 0 Å². The topological polar surface area (TPSA) is 42.7 Å². The van der Waals surface area contributed by atoms with Crippen LogP contribution in [0.2, 0.25) is 0 Å². The fraction of sp³-hybridized carbons (Fsp3) is 0.643. The first kappa shape index (κ1) is 13.1. The maximum Gasteiger partial charge on any atom is 0.257 e. The summed E-state index contributed by atoms with van der Waals surface area (Å²) in [7, 11) is 1.70. The van der Waals surface area contributed by atoms with Crippen molar-refractivity contribution in [3.63, 3.8) is 0 Å². The molecule has 1 aliphatic rings. The van der Waals surface area contributed by atoms with Gasteiger partial charge >= 0.3 is 0 Å². The predicted octanol–water partition coefficient (Wildman–Crippen LogP) is 2.70. The summed E-state index contributed by atoms with van der Waals surface area (Å²) in [6.07, 6.45) is 7.18. The molecule has 4 heteroatoms. The summed E-state index contributed by atoms with van der Waals surface area (Å²) in [5.74, 6) is 0.0618. The molecule has 4 nitrogen and oxygen atoms in total. The lowest BCUT2D eigenvalue weighted by molar-refractivity contribution is 0.0254. The molecule has 100 valence electrons. The number of nitrogens with zero attached hydrogens (tertiary/aromatic N) is 1. The number of rotatable bonds is 5. The van der Waals surface area contributed by atoms with Crippen LogP contribution in [0, 0.1) is 0 Å². The van der Waals surface area contributed by atoms with Crippen LogP contribution in [0.15, 0.2) is 23.0 Å². The summed E-state index contributed by atoms with van der Waals surface area (Å²) < 4.78 is 10.4. The second kappa shape index (κ2) is 5.57. The Bertz CT molecular complexity index is 380. The zero-order valence-corrected chi connectivity index (χ0v) is 11.1. The Hall–Kier alpha value is -1.29. The average Bonchev–Trinajstić information content (AvgIpc) is 2.98. The molecule has 1 amide bonds. The third-order valence-electron chi connectivity index (χ3n) is 3.74. The molecule has 0 aliphatic carbocycles. The quantitative estimate of drug-likeness (QED) is 0.808. The fourth-order valence-corrected chi connectivity index (χ4v) is 3.01. The van der Waals surface area contributed by atoms with Crippen molar-refractivity contribution in [1.82, 2.24) is 4.90 Å². The summed E-state index contributed by atoms with van der Waals surface area (Å²) in [6, 6.07) is 1.73. The molecule has 0 unspecified atom stereocenters. The molecule has 0 bridgehead atoms. The number of amides is 1. The van der Waals surface area contributed by atoms with Crippen molar-refractivity contribution < 1.29 is 13.9 Å². The van der Waals surface area contributed by atoms with Crippen LogP contribution in [0.5, 0.6) is 0 Å². The molecule has 2 rings (SSSR count). The summed E-state index contributed by atoms with van der Waals surface area (Å²) in [5, 5.41) is 0. The van der Waals surface area contributed by atoms with E-state index in [9.17, 15) is 4.79 Å². The van der Waals surface area contributed by atoms with Gasteiger partial charge in [-0.05, 0) is 25.3 Å².